The summed E-state index contributed by atoms with van der Waals surface area (Å²) in [4.78, 5) is 13.8. The van der Waals surface area contributed by atoms with E-state index in [9.17, 15) is 4.79 Å². The molecule has 3 heteroatoms. The fraction of sp³-hybridized carbons (Fsp3) is 0.909. The second-order valence-corrected chi connectivity index (χ2v) is 3.99. The van der Waals surface area contributed by atoms with Crippen LogP contribution in [-0.2, 0) is 9.53 Å². The van der Waals surface area contributed by atoms with Gasteiger partial charge in [-0.3, -0.25) is 9.69 Å². The second kappa shape index (κ2) is 5.47. The number of methoxy groups -OCH3 is 1. The van der Waals surface area contributed by atoms with Crippen LogP contribution in [-0.4, -0.2) is 43.0 Å². The summed E-state index contributed by atoms with van der Waals surface area (Å²) < 4.78 is 5.33. The number of nitrogens with zero attached hydrogens (tertiary/aromatic N) is 1. The quantitative estimate of drug-likeness (QED) is 0.686. The van der Waals surface area contributed by atoms with Crippen LogP contribution in [0.4, 0.5) is 0 Å². The van der Waals surface area contributed by atoms with Gasteiger partial charge in [0.15, 0.2) is 0 Å². The summed E-state index contributed by atoms with van der Waals surface area (Å²) in [5, 5.41) is 0. The molecule has 1 aliphatic heterocycles. The Kier molecular flexibility index (Phi) is 4.55. The summed E-state index contributed by atoms with van der Waals surface area (Å²) in [5.41, 5.74) is 0. The van der Waals surface area contributed by atoms with Crippen molar-refractivity contribution in [1.29, 1.82) is 0 Å². The van der Waals surface area contributed by atoms with Crippen LogP contribution < -0.4 is 0 Å². The molecule has 0 bridgehead atoms. The molecule has 0 N–H and O–H groups in total. The molecule has 1 fully saturated rings. The van der Waals surface area contributed by atoms with Crippen LogP contribution in [0.3, 0.4) is 0 Å². The molecule has 0 aromatic rings. The zero-order valence-electron chi connectivity index (χ0n) is 9.45. The Morgan fingerprint density at radius 2 is 2.36 bits per heavy atom. The summed E-state index contributed by atoms with van der Waals surface area (Å²) >= 11 is 0. The molecule has 14 heavy (non-hydrogen) atoms. The second-order valence-electron chi connectivity index (χ2n) is 3.99. The number of likely N-dealkylation sites (tertiary alicyclic amines) is 1. The Hall–Kier alpha value is -0.410. The van der Waals surface area contributed by atoms with Crippen molar-refractivity contribution in [3.63, 3.8) is 0 Å². The van der Waals surface area contributed by atoms with E-state index < -0.39 is 0 Å². The van der Waals surface area contributed by atoms with Crippen LogP contribution >= 0.6 is 0 Å². The number of hydrogen-bond acceptors (Lipinski definition) is 3. The van der Waals surface area contributed by atoms with E-state index in [4.69, 9.17) is 4.74 Å². The van der Waals surface area contributed by atoms with Crippen molar-refractivity contribution in [3.8, 4) is 0 Å². The monoisotopic (exact) mass is 199 g/mol. The Morgan fingerprint density at radius 3 is 2.93 bits per heavy atom. The van der Waals surface area contributed by atoms with Crippen molar-refractivity contribution < 1.29 is 9.53 Å². The predicted octanol–water partition coefficient (Wildman–Crippen LogP) is 1.46. The van der Waals surface area contributed by atoms with Crippen LogP contribution in [0.5, 0.6) is 0 Å². The molecular formula is C11H21NO2. The molecule has 0 radical (unpaired) electrons. The first-order valence-electron chi connectivity index (χ1n) is 5.48. The van der Waals surface area contributed by atoms with E-state index in [2.05, 4.69) is 4.90 Å². The van der Waals surface area contributed by atoms with Gasteiger partial charge in [0.05, 0.1) is 12.1 Å². The maximum atomic E-state index is 11.5. The Labute approximate surface area is 86.4 Å². The first kappa shape index (κ1) is 11.7. The summed E-state index contributed by atoms with van der Waals surface area (Å²) in [7, 11) is 1.75. The molecule has 82 valence electrons. The van der Waals surface area contributed by atoms with Crippen LogP contribution in [0.2, 0.25) is 0 Å². The van der Waals surface area contributed by atoms with Gasteiger partial charge in [0.1, 0.15) is 5.78 Å². The van der Waals surface area contributed by atoms with E-state index in [0.717, 1.165) is 25.9 Å². The number of hydrogen-bond donors (Lipinski definition) is 0. The fourth-order valence-electron chi connectivity index (χ4n) is 2.01. The number of ketones is 1. The number of rotatable bonds is 4. The van der Waals surface area contributed by atoms with Crippen LogP contribution in [0, 0.1) is 0 Å². The van der Waals surface area contributed by atoms with Crippen LogP contribution in [0.15, 0.2) is 0 Å². The lowest BCUT2D eigenvalue weighted by Crippen LogP contribution is -2.47. The van der Waals surface area contributed by atoms with E-state index in [-0.39, 0.29) is 6.04 Å². The van der Waals surface area contributed by atoms with Crippen LogP contribution in [0.1, 0.15) is 33.1 Å². The number of ether oxygens (including phenoxy) is 1. The Morgan fingerprint density at radius 1 is 1.64 bits per heavy atom. The number of carbonyl (C=O) groups excluding carboxylic acids is 1. The SMILES string of the molecule is CCC(=O)C(C)N1CCCC(OC)C1. The molecule has 1 heterocycles. The van der Waals surface area contributed by atoms with E-state index in [1.807, 2.05) is 13.8 Å². The third-order valence-corrected chi connectivity index (χ3v) is 3.11. The standard InChI is InChI=1S/C11H21NO2/c1-4-11(13)9(2)12-7-5-6-10(8-12)14-3/h9-10H,4-8H2,1-3H3. The maximum absolute atomic E-state index is 11.5. The third-order valence-electron chi connectivity index (χ3n) is 3.11. The highest BCUT2D eigenvalue weighted by Gasteiger charge is 2.26. The molecule has 1 aliphatic rings. The van der Waals surface area contributed by atoms with Crippen molar-refractivity contribution >= 4 is 5.78 Å². The Balaban J connectivity index is 2.46. The number of carbonyl (C=O) groups is 1. The fourth-order valence-corrected chi connectivity index (χ4v) is 2.01. The van der Waals surface area contributed by atoms with E-state index in [0.29, 0.717) is 18.3 Å². The van der Waals surface area contributed by atoms with Crippen molar-refractivity contribution in [2.75, 3.05) is 20.2 Å². The van der Waals surface area contributed by atoms with Gasteiger partial charge in [-0.25, -0.2) is 0 Å². The molecule has 1 saturated heterocycles. The van der Waals surface area contributed by atoms with Crippen molar-refractivity contribution in [1.82, 2.24) is 4.90 Å². The normalized spacial score (nSPS) is 26.1. The van der Waals surface area contributed by atoms with Gasteiger partial charge in [-0.1, -0.05) is 6.92 Å². The molecule has 0 amide bonds. The zero-order chi connectivity index (χ0) is 10.6. The van der Waals surface area contributed by atoms with E-state index in [1.165, 1.54) is 0 Å². The lowest BCUT2D eigenvalue weighted by atomic mass is 10.0. The van der Waals surface area contributed by atoms with E-state index >= 15 is 0 Å². The first-order chi connectivity index (χ1) is 6.69. The predicted molar refractivity (Wildman–Crippen MR) is 56.4 cm³/mol. The zero-order valence-corrected chi connectivity index (χ0v) is 9.45. The molecule has 0 saturated carbocycles. The molecule has 2 atom stereocenters. The molecular weight excluding hydrogens is 178 g/mol. The summed E-state index contributed by atoms with van der Waals surface area (Å²) in [6.07, 6.45) is 3.21. The van der Waals surface area contributed by atoms with Crippen molar-refractivity contribution in [2.45, 2.75) is 45.3 Å². The van der Waals surface area contributed by atoms with Gasteiger partial charge >= 0.3 is 0 Å². The van der Waals surface area contributed by atoms with Gasteiger partial charge in [0.25, 0.3) is 0 Å². The van der Waals surface area contributed by atoms with E-state index in [1.54, 1.807) is 7.11 Å². The smallest absolute Gasteiger partial charge is 0.149 e. The molecule has 1 rings (SSSR count). The minimum absolute atomic E-state index is 0.0675. The maximum Gasteiger partial charge on any atom is 0.149 e. The molecule has 0 aromatic heterocycles. The number of piperidine rings is 1. The van der Waals surface area contributed by atoms with Crippen molar-refractivity contribution in [3.05, 3.63) is 0 Å². The van der Waals surface area contributed by atoms with Gasteiger partial charge < -0.3 is 4.74 Å². The van der Waals surface area contributed by atoms with Gasteiger partial charge in [-0.2, -0.15) is 0 Å². The topological polar surface area (TPSA) is 29.5 Å². The summed E-state index contributed by atoms with van der Waals surface area (Å²) in [6, 6.07) is 0.0675. The lowest BCUT2D eigenvalue weighted by Gasteiger charge is -2.35. The van der Waals surface area contributed by atoms with Gasteiger partial charge in [-0.15, -0.1) is 0 Å². The Bertz CT molecular complexity index is 194. The molecule has 0 spiro atoms. The lowest BCUT2D eigenvalue weighted by molar-refractivity contribution is -0.124. The molecule has 2 unspecified atom stereocenters. The molecule has 3 nitrogen and oxygen atoms in total. The van der Waals surface area contributed by atoms with Crippen LogP contribution in [0.25, 0.3) is 0 Å². The summed E-state index contributed by atoms with van der Waals surface area (Å²) in [6.45, 7) is 5.87. The molecule has 0 aliphatic carbocycles. The highest BCUT2D eigenvalue weighted by Crippen LogP contribution is 2.15. The minimum Gasteiger partial charge on any atom is -0.380 e. The van der Waals surface area contributed by atoms with Gasteiger partial charge in [0.2, 0.25) is 0 Å². The van der Waals surface area contributed by atoms with Crippen molar-refractivity contribution in [2.24, 2.45) is 0 Å². The number of Topliss-reactive ketones (excluding diaryl/α,β-unsaturated/α-hetero) is 1. The minimum atomic E-state index is 0.0675. The highest BCUT2D eigenvalue weighted by molar-refractivity contribution is 5.83. The first-order valence-corrected chi connectivity index (χ1v) is 5.48. The largest absolute Gasteiger partial charge is 0.380 e. The summed E-state index contributed by atoms with van der Waals surface area (Å²) in [5.74, 6) is 0.335. The van der Waals surface area contributed by atoms with Gasteiger partial charge in [0, 0.05) is 20.1 Å². The average molecular weight is 199 g/mol. The average Bonchev–Trinajstić information content (AvgIpc) is 2.27. The third kappa shape index (κ3) is 2.79. The van der Waals surface area contributed by atoms with Gasteiger partial charge in [-0.05, 0) is 26.3 Å². The molecule has 0 aromatic carbocycles. The highest BCUT2D eigenvalue weighted by atomic mass is 16.5.